The Kier molecular flexibility index (Phi) is 7.17. The van der Waals surface area contributed by atoms with Gasteiger partial charge in [0.2, 0.25) is 0 Å². The van der Waals surface area contributed by atoms with Crippen molar-refractivity contribution in [2.24, 2.45) is 17.3 Å². The van der Waals surface area contributed by atoms with Crippen molar-refractivity contribution >= 4 is 0 Å². The van der Waals surface area contributed by atoms with Gasteiger partial charge in [-0.25, -0.2) is 0 Å². The van der Waals surface area contributed by atoms with E-state index in [1.54, 1.807) is 0 Å². The summed E-state index contributed by atoms with van der Waals surface area (Å²) in [6.45, 7) is 15.6. The van der Waals surface area contributed by atoms with Gasteiger partial charge in [0, 0.05) is 19.7 Å². The highest BCUT2D eigenvalue weighted by Crippen LogP contribution is 2.43. The zero-order valence-electron chi connectivity index (χ0n) is 15.3. The van der Waals surface area contributed by atoms with Gasteiger partial charge in [-0.2, -0.15) is 0 Å². The molecule has 3 heteroatoms. The fraction of sp³-hybridized carbons (Fsp3) is 1.00. The van der Waals surface area contributed by atoms with Crippen LogP contribution in [0.1, 0.15) is 59.8 Å². The van der Waals surface area contributed by atoms with Crippen LogP contribution in [0.5, 0.6) is 0 Å². The van der Waals surface area contributed by atoms with Crippen LogP contribution in [0.25, 0.3) is 0 Å². The fourth-order valence-electron chi connectivity index (χ4n) is 3.84. The largest absolute Gasteiger partial charge is 0.379 e. The van der Waals surface area contributed by atoms with Gasteiger partial charge < -0.3 is 9.47 Å². The van der Waals surface area contributed by atoms with E-state index in [0.29, 0.717) is 17.4 Å². The average Bonchev–Trinajstić information content (AvgIpc) is 2.52. The molecule has 22 heavy (non-hydrogen) atoms. The average molecular weight is 312 g/mol. The molecular weight excluding hydrogens is 274 g/mol. The molecule has 0 N–H and O–H groups in total. The highest BCUT2D eigenvalue weighted by atomic mass is 16.5. The second-order valence-corrected chi connectivity index (χ2v) is 8.24. The number of rotatable bonds is 7. The molecule has 2 heterocycles. The van der Waals surface area contributed by atoms with Crippen molar-refractivity contribution in [3.05, 3.63) is 0 Å². The molecule has 0 radical (unpaired) electrons. The van der Waals surface area contributed by atoms with Gasteiger partial charge in [-0.3, -0.25) is 4.90 Å². The standard InChI is InChI=1S/C19H37NO2/c1-16(2)5-6-19(7-9-20-10-13-21-14-11-20)8-12-22-18(15-19)17(3)4/h16-18H,5-15H2,1-4H3. The summed E-state index contributed by atoms with van der Waals surface area (Å²) < 4.78 is 11.5. The molecule has 2 saturated heterocycles. The molecule has 2 aliphatic rings. The Morgan fingerprint density at radius 2 is 1.77 bits per heavy atom. The van der Waals surface area contributed by atoms with Crippen LogP contribution in [0.3, 0.4) is 0 Å². The quantitative estimate of drug-likeness (QED) is 0.710. The van der Waals surface area contributed by atoms with Crippen molar-refractivity contribution in [3.8, 4) is 0 Å². The molecule has 2 rings (SSSR count). The van der Waals surface area contributed by atoms with Gasteiger partial charge in [0.05, 0.1) is 19.3 Å². The summed E-state index contributed by atoms with van der Waals surface area (Å²) >= 11 is 0. The Morgan fingerprint density at radius 1 is 1.05 bits per heavy atom. The Hall–Kier alpha value is -0.120. The van der Waals surface area contributed by atoms with Crippen molar-refractivity contribution in [3.63, 3.8) is 0 Å². The van der Waals surface area contributed by atoms with Crippen LogP contribution in [0.15, 0.2) is 0 Å². The predicted molar refractivity (Wildman–Crippen MR) is 92.2 cm³/mol. The molecule has 0 amide bonds. The molecule has 0 aromatic rings. The van der Waals surface area contributed by atoms with Crippen molar-refractivity contribution in [1.82, 2.24) is 4.90 Å². The minimum atomic E-state index is 0.464. The summed E-state index contributed by atoms with van der Waals surface area (Å²) in [5.74, 6) is 1.45. The summed E-state index contributed by atoms with van der Waals surface area (Å²) in [5, 5.41) is 0. The highest BCUT2D eigenvalue weighted by Gasteiger charge is 2.37. The minimum Gasteiger partial charge on any atom is -0.379 e. The second-order valence-electron chi connectivity index (χ2n) is 8.24. The van der Waals surface area contributed by atoms with E-state index in [2.05, 4.69) is 32.6 Å². The van der Waals surface area contributed by atoms with Gasteiger partial charge in [0.25, 0.3) is 0 Å². The maximum absolute atomic E-state index is 6.06. The van der Waals surface area contributed by atoms with E-state index >= 15 is 0 Å². The van der Waals surface area contributed by atoms with Crippen molar-refractivity contribution < 1.29 is 9.47 Å². The van der Waals surface area contributed by atoms with Gasteiger partial charge in [-0.15, -0.1) is 0 Å². The van der Waals surface area contributed by atoms with E-state index in [-0.39, 0.29) is 0 Å². The fourth-order valence-corrected chi connectivity index (χ4v) is 3.84. The molecular formula is C19H37NO2. The van der Waals surface area contributed by atoms with E-state index in [9.17, 15) is 0 Å². The third kappa shape index (κ3) is 5.50. The Bertz CT molecular complexity index is 313. The lowest BCUT2D eigenvalue weighted by molar-refractivity contribution is -0.0802. The summed E-state index contributed by atoms with van der Waals surface area (Å²) in [7, 11) is 0. The first kappa shape index (κ1) is 18.2. The van der Waals surface area contributed by atoms with Crippen LogP contribution in [0, 0.1) is 17.3 Å². The lowest BCUT2D eigenvalue weighted by Gasteiger charge is -2.44. The molecule has 3 nitrogen and oxygen atoms in total. The summed E-state index contributed by atoms with van der Waals surface area (Å²) in [4.78, 5) is 2.60. The van der Waals surface area contributed by atoms with E-state index in [1.165, 1.54) is 38.6 Å². The van der Waals surface area contributed by atoms with E-state index in [0.717, 1.165) is 38.8 Å². The Morgan fingerprint density at radius 3 is 2.41 bits per heavy atom. The summed E-state index contributed by atoms with van der Waals surface area (Å²) in [6.07, 6.45) is 7.06. The first-order valence-corrected chi connectivity index (χ1v) is 9.42. The van der Waals surface area contributed by atoms with Crippen molar-refractivity contribution in [2.45, 2.75) is 65.9 Å². The Balaban J connectivity index is 1.94. The molecule has 2 atom stereocenters. The first-order valence-electron chi connectivity index (χ1n) is 9.42. The molecule has 2 unspecified atom stereocenters. The SMILES string of the molecule is CC(C)CCC1(CCN2CCOCC2)CCOC(C(C)C)C1. The summed E-state index contributed by atoms with van der Waals surface area (Å²) in [5.41, 5.74) is 0.510. The molecule has 0 aromatic heterocycles. The molecule has 0 spiro atoms. The van der Waals surface area contributed by atoms with E-state index in [4.69, 9.17) is 9.47 Å². The monoisotopic (exact) mass is 311 g/mol. The minimum absolute atomic E-state index is 0.464. The van der Waals surface area contributed by atoms with Gasteiger partial charge >= 0.3 is 0 Å². The maximum Gasteiger partial charge on any atom is 0.0603 e. The normalized spacial score (nSPS) is 31.1. The summed E-state index contributed by atoms with van der Waals surface area (Å²) in [6, 6.07) is 0. The molecule has 130 valence electrons. The van der Waals surface area contributed by atoms with Gasteiger partial charge in [-0.05, 0) is 49.5 Å². The van der Waals surface area contributed by atoms with Crippen LogP contribution >= 0.6 is 0 Å². The molecule has 0 aromatic carbocycles. The third-order valence-corrected chi connectivity index (χ3v) is 5.66. The Labute approximate surface area is 137 Å². The molecule has 0 saturated carbocycles. The lowest BCUT2D eigenvalue weighted by atomic mass is 9.69. The zero-order valence-corrected chi connectivity index (χ0v) is 15.3. The predicted octanol–water partition coefficient (Wildman–Crippen LogP) is 3.97. The highest BCUT2D eigenvalue weighted by molar-refractivity contribution is 4.88. The van der Waals surface area contributed by atoms with E-state index in [1.807, 2.05) is 0 Å². The van der Waals surface area contributed by atoms with Crippen LogP contribution in [0.2, 0.25) is 0 Å². The molecule has 2 fully saturated rings. The van der Waals surface area contributed by atoms with Crippen molar-refractivity contribution in [2.75, 3.05) is 39.5 Å². The lowest BCUT2D eigenvalue weighted by Crippen LogP contribution is -2.42. The van der Waals surface area contributed by atoms with Gasteiger partial charge in [0.1, 0.15) is 0 Å². The van der Waals surface area contributed by atoms with Gasteiger partial charge in [0.15, 0.2) is 0 Å². The zero-order chi connectivity index (χ0) is 16.0. The van der Waals surface area contributed by atoms with Crippen LogP contribution < -0.4 is 0 Å². The van der Waals surface area contributed by atoms with Crippen LogP contribution in [0.4, 0.5) is 0 Å². The first-order chi connectivity index (χ1) is 10.5. The molecule has 2 aliphatic heterocycles. The van der Waals surface area contributed by atoms with Crippen molar-refractivity contribution in [1.29, 1.82) is 0 Å². The smallest absolute Gasteiger partial charge is 0.0603 e. The van der Waals surface area contributed by atoms with Crippen LogP contribution in [-0.4, -0.2) is 50.5 Å². The maximum atomic E-state index is 6.06. The number of hydrogen-bond acceptors (Lipinski definition) is 3. The topological polar surface area (TPSA) is 21.7 Å². The van der Waals surface area contributed by atoms with Gasteiger partial charge in [-0.1, -0.05) is 34.1 Å². The third-order valence-electron chi connectivity index (χ3n) is 5.66. The molecule has 0 aliphatic carbocycles. The number of morpholine rings is 1. The number of ether oxygens (including phenoxy) is 2. The second kappa shape index (κ2) is 8.65. The molecule has 0 bridgehead atoms. The number of hydrogen-bond donors (Lipinski definition) is 0. The van der Waals surface area contributed by atoms with Crippen LogP contribution in [-0.2, 0) is 9.47 Å². The number of nitrogens with zero attached hydrogens (tertiary/aromatic N) is 1. The van der Waals surface area contributed by atoms with E-state index < -0.39 is 0 Å².